The number of aryl methyl sites for hydroxylation is 1. The van der Waals surface area contributed by atoms with Crippen molar-refractivity contribution in [3.8, 4) is 11.5 Å². The van der Waals surface area contributed by atoms with Gasteiger partial charge in [-0.15, -0.1) is 0 Å². The van der Waals surface area contributed by atoms with Crippen molar-refractivity contribution in [3.63, 3.8) is 0 Å². The molecule has 0 bridgehead atoms. The van der Waals surface area contributed by atoms with Gasteiger partial charge in [0.05, 0.1) is 31.4 Å². The summed E-state index contributed by atoms with van der Waals surface area (Å²) in [6, 6.07) is 11.4. The number of carbonyl (C=O) groups excluding carboxylic acids is 1. The zero-order valence-electron chi connectivity index (χ0n) is 20.8. The maximum Gasteiger partial charge on any atom is 0.261 e. The number of fused-ring (bicyclic) bond motifs is 1. The van der Waals surface area contributed by atoms with Gasteiger partial charge in [-0.05, 0) is 62.0 Å². The highest BCUT2D eigenvalue weighted by Crippen LogP contribution is 2.29. The molecule has 0 aliphatic carbocycles. The van der Waals surface area contributed by atoms with Crippen LogP contribution in [-0.4, -0.2) is 47.7 Å². The molecule has 1 aliphatic heterocycles. The molecule has 0 atom stereocenters. The van der Waals surface area contributed by atoms with Gasteiger partial charge < -0.3 is 14.8 Å². The van der Waals surface area contributed by atoms with Crippen molar-refractivity contribution in [1.82, 2.24) is 14.5 Å². The fourth-order valence-corrected chi connectivity index (χ4v) is 4.45. The summed E-state index contributed by atoms with van der Waals surface area (Å²) in [5.74, 6) is 1.76. The summed E-state index contributed by atoms with van der Waals surface area (Å²) in [4.78, 5) is 32.2. The van der Waals surface area contributed by atoms with E-state index in [0.29, 0.717) is 41.8 Å². The van der Waals surface area contributed by atoms with Crippen LogP contribution in [0.25, 0.3) is 10.9 Å². The van der Waals surface area contributed by atoms with Gasteiger partial charge in [0.2, 0.25) is 5.91 Å². The molecule has 1 aliphatic rings. The predicted molar refractivity (Wildman–Crippen MR) is 137 cm³/mol. The average molecular weight is 479 g/mol. The van der Waals surface area contributed by atoms with Gasteiger partial charge in [0, 0.05) is 31.3 Å². The van der Waals surface area contributed by atoms with Crippen LogP contribution in [0.2, 0.25) is 0 Å². The molecule has 4 rings (SSSR count). The first-order valence-electron chi connectivity index (χ1n) is 12.2. The maximum atomic E-state index is 12.9. The summed E-state index contributed by atoms with van der Waals surface area (Å²) in [5.41, 5.74) is 2.42. The number of piperidine rings is 1. The number of nitrogens with one attached hydrogen (secondary N) is 1. The molecule has 8 heteroatoms. The fourth-order valence-electron chi connectivity index (χ4n) is 4.45. The number of amides is 1. The normalized spacial score (nSPS) is 14.7. The van der Waals surface area contributed by atoms with Gasteiger partial charge in [0.15, 0.2) is 11.5 Å². The molecule has 2 heterocycles. The Labute approximate surface area is 205 Å². The Morgan fingerprint density at radius 2 is 1.77 bits per heavy atom. The zero-order valence-corrected chi connectivity index (χ0v) is 20.8. The number of hydrogen-bond donors (Lipinski definition) is 1. The van der Waals surface area contributed by atoms with Crippen molar-refractivity contribution >= 4 is 22.5 Å². The maximum absolute atomic E-state index is 12.9. The minimum absolute atomic E-state index is 0.0732. The number of methoxy groups -OCH3 is 2. The molecule has 1 aromatic heterocycles. The summed E-state index contributed by atoms with van der Waals surface area (Å²) in [5, 5.41) is 3.40. The van der Waals surface area contributed by atoms with Gasteiger partial charge >= 0.3 is 0 Å². The second-order valence-electron chi connectivity index (χ2n) is 9.27. The lowest BCUT2D eigenvalue weighted by atomic mass is 9.99. The largest absolute Gasteiger partial charge is 0.493 e. The van der Waals surface area contributed by atoms with Gasteiger partial charge in [-0.1, -0.05) is 19.1 Å². The number of likely N-dealkylation sites (tertiary alicyclic amines) is 1. The number of aromatic nitrogens is 2. The van der Waals surface area contributed by atoms with Gasteiger partial charge in [0.25, 0.3) is 5.56 Å². The first-order valence-corrected chi connectivity index (χ1v) is 12.2. The molecule has 0 unspecified atom stereocenters. The SMILES string of the molecule is COc1cc2ncn(CCCC(=O)Nc3ccc(CN4CCC(C)CC4)cc3)c(=O)c2cc1OC. The Balaban J connectivity index is 1.29. The molecule has 35 heavy (non-hydrogen) atoms. The summed E-state index contributed by atoms with van der Waals surface area (Å²) in [7, 11) is 3.07. The third kappa shape index (κ3) is 6.19. The molecule has 2 aromatic carbocycles. The number of anilines is 1. The number of ether oxygens (including phenoxy) is 2. The quantitative estimate of drug-likeness (QED) is 0.499. The molecule has 186 valence electrons. The van der Waals surface area contributed by atoms with Crippen molar-refractivity contribution in [3.05, 3.63) is 58.6 Å². The van der Waals surface area contributed by atoms with Crippen molar-refractivity contribution in [2.24, 2.45) is 5.92 Å². The number of carbonyl (C=O) groups is 1. The van der Waals surface area contributed by atoms with Crippen LogP contribution in [0.3, 0.4) is 0 Å². The highest BCUT2D eigenvalue weighted by atomic mass is 16.5. The summed E-state index contributed by atoms with van der Waals surface area (Å²) >= 11 is 0. The van der Waals surface area contributed by atoms with Crippen LogP contribution in [0, 0.1) is 5.92 Å². The fraction of sp³-hybridized carbons (Fsp3) is 0.444. The lowest BCUT2D eigenvalue weighted by Crippen LogP contribution is -2.32. The second-order valence-corrected chi connectivity index (χ2v) is 9.27. The number of rotatable bonds is 9. The number of hydrogen-bond acceptors (Lipinski definition) is 6. The van der Waals surface area contributed by atoms with E-state index in [1.165, 1.54) is 36.4 Å². The van der Waals surface area contributed by atoms with E-state index in [1.54, 1.807) is 19.2 Å². The van der Waals surface area contributed by atoms with E-state index in [-0.39, 0.29) is 11.5 Å². The van der Waals surface area contributed by atoms with Crippen LogP contribution in [-0.2, 0) is 17.9 Å². The van der Waals surface area contributed by atoms with Crippen LogP contribution >= 0.6 is 0 Å². The van der Waals surface area contributed by atoms with Crippen molar-refractivity contribution in [1.29, 1.82) is 0 Å². The predicted octanol–water partition coefficient (Wildman–Crippen LogP) is 4.06. The van der Waals surface area contributed by atoms with Crippen molar-refractivity contribution in [2.45, 2.75) is 45.7 Å². The molecule has 0 spiro atoms. The molecule has 0 saturated carbocycles. The Kier molecular flexibility index (Phi) is 8.02. The van der Waals surface area contributed by atoms with E-state index in [1.807, 2.05) is 12.1 Å². The van der Waals surface area contributed by atoms with E-state index in [9.17, 15) is 9.59 Å². The van der Waals surface area contributed by atoms with E-state index < -0.39 is 0 Å². The molecule has 1 saturated heterocycles. The van der Waals surface area contributed by atoms with Crippen LogP contribution in [0.15, 0.2) is 47.5 Å². The molecular weight excluding hydrogens is 444 g/mol. The molecule has 1 fully saturated rings. The first-order chi connectivity index (χ1) is 17.0. The standard InChI is InChI=1S/C27H34N4O4/c1-19-10-13-30(14-11-19)17-20-6-8-21(9-7-20)29-26(32)5-4-12-31-18-28-23-16-25(35-3)24(34-2)15-22(23)27(31)33/h6-9,15-16,18-19H,4-5,10-14,17H2,1-3H3,(H,29,32). The van der Waals surface area contributed by atoms with Gasteiger partial charge in [0.1, 0.15) is 0 Å². The lowest BCUT2D eigenvalue weighted by Gasteiger charge is -2.30. The summed E-state index contributed by atoms with van der Waals surface area (Å²) in [6.07, 6.45) is 4.87. The minimum Gasteiger partial charge on any atom is -0.493 e. The van der Waals surface area contributed by atoms with Crippen LogP contribution < -0.4 is 20.3 Å². The lowest BCUT2D eigenvalue weighted by molar-refractivity contribution is -0.116. The Hall–Kier alpha value is -3.39. The third-order valence-electron chi connectivity index (χ3n) is 6.65. The molecular formula is C27H34N4O4. The van der Waals surface area contributed by atoms with Crippen LogP contribution in [0.4, 0.5) is 5.69 Å². The van der Waals surface area contributed by atoms with Crippen molar-refractivity contribution < 1.29 is 14.3 Å². The van der Waals surface area contributed by atoms with Crippen LogP contribution in [0.1, 0.15) is 38.2 Å². The Morgan fingerprint density at radius 1 is 1.09 bits per heavy atom. The van der Waals surface area contributed by atoms with E-state index >= 15 is 0 Å². The number of nitrogens with zero attached hydrogens (tertiary/aromatic N) is 3. The topological polar surface area (TPSA) is 85.7 Å². The highest BCUT2D eigenvalue weighted by molar-refractivity contribution is 5.90. The first kappa shape index (κ1) is 24.7. The van der Waals surface area contributed by atoms with Crippen LogP contribution in [0.5, 0.6) is 11.5 Å². The molecule has 3 aromatic rings. The van der Waals surface area contributed by atoms with Crippen molar-refractivity contribution in [2.75, 3.05) is 32.6 Å². The van der Waals surface area contributed by atoms with Gasteiger partial charge in [-0.2, -0.15) is 0 Å². The Bertz CT molecular complexity index is 1210. The van der Waals surface area contributed by atoms with E-state index in [0.717, 1.165) is 31.2 Å². The average Bonchev–Trinajstić information content (AvgIpc) is 2.87. The third-order valence-corrected chi connectivity index (χ3v) is 6.65. The summed E-state index contributed by atoms with van der Waals surface area (Å²) in [6.45, 7) is 5.97. The molecule has 1 N–H and O–H groups in total. The number of benzene rings is 2. The molecule has 0 radical (unpaired) electrons. The van der Waals surface area contributed by atoms with E-state index in [2.05, 4.69) is 34.3 Å². The monoisotopic (exact) mass is 478 g/mol. The molecule has 1 amide bonds. The second kappa shape index (κ2) is 11.4. The highest BCUT2D eigenvalue weighted by Gasteiger charge is 2.16. The Morgan fingerprint density at radius 3 is 2.46 bits per heavy atom. The molecule has 8 nitrogen and oxygen atoms in total. The summed E-state index contributed by atoms with van der Waals surface area (Å²) < 4.78 is 12.1. The van der Waals surface area contributed by atoms with Gasteiger partial charge in [-0.3, -0.25) is 19.1 Å². The zero-order chi connectivity index (χ0) is 24.8. The van der Waals surface area contributed by atoms with E-state index in [4.69, 9.17) is 9.47 Å². The smallest absolute Gasteiger partial charge is 0.261 e. The minimum atomic E-state index is -0.171. The van der Waals surface area contributed by atoms with Gasteiger partial charge in [-0.25, -0.2) is 4.98 Å².